The molecule has 0 aliphatic heterocycles. The van der Waals surface area contributed by atoms with Crippen molar-refractivity contribution in [3.05, 3.63) is 59.7 Å². The Hall–Kier alpha value is -1.32. The Morgan fingerprint density at radius 1 is 0.600 bits per heavy atom. The predicted molar refractivity (Wildman–Crippen MR) is 85.2 cm³/mol. The minimum absolute atomic E-state index is 0.0917. The molecule has 0 unspecified atom stereocenters. The summed E-state index contributed by atoms with van der Waals surface area (Å²) in [6.45, 7) is 0.381. The molecule has 136 valence electrons. The molecule has 9 heteroatoms. The van der Waals surface area contributed by atoms with Crippen molar-refractivity contribution < 1.29 is 31.1 Å². The van der Waals surface area contributed by atoms with Crippen LogP contribution in [0.3, 0.4) is 0 Å². The van der Waals surface area contributed by atoms with E-state index in [1.807, 2.05) is 0 Å². The first kappa shape index (κ1) is 20.0. The van der Waals surface area contributed by atoms with Gasteiger partial charge in [-0.05, 0) is 58.9 Å². The average molecular weight is 398 g/mol. The highest BCUT2D eigenvalue weighted by Crippen LogP contribution is 2.37. The van der Waals surface area contributed by atoms with E-state index >= 15 is 0 Å². The molecule has 0 saturated heterocycles. The van der Waals surface area contributed by atoms with Gasteiger partial charge >= 0.3 is 11.0 Å². The van der Waals surface area contributed by atoms with E-state index in [4.69, 9.17) is 4.74 Å². The van der Waals surface area contributed by atoms with Crippen molar-refractivity contribution >= 4 is 23.5 Å². The van der Waals surface area contributed by atoms with Crippen LogP contribution in [-0.2, 0) is 18.0 Å². The lowest BCUT2D eigenvalue weighted by molar-refractivity contribution is -0.0337. The van der Waals surface area contributed by atoms with Gasteiger partial charge in [0.05, 0.1) is 13.2 Å². The first-order valence-corrected chi connectivity index (χ1v) is 8.51. The zero-order valence-corrected chi connectivity index (χ0v) is 14.2. The summed E-state index contributed by atoms with van der Waals surface area (Å²) in [5.74, 6) is 0. The van der Waals surface area contributed by atoms with Crippen LogP contribution in [0.15, 0.2) is 58.3 Å². The van der Waals surface area contributed by atoms with E-state index in [2.05, 4.69) is 0 Å². The number of benzene rings is 2. The van der Waals surface area contributed by atoms with Crippen LogP contribution in [-0.4, -0.2) is 11.0 Å². The molecule has 0 spiro atoms. The van der Waals surface area contributed by atoms with E-state index < -0.39 is 11.0 Å². The molecule has 0 atom stereocenters. The molecule has 25 heavy (non-hydrogen) atoms. The molecular weight excluding hydrogens is 386 g/mol. The highest BCUT2D eigenvalue weighted by atomic mass is 32.2. The van der Waals surface area contributed by atoms with Gasteiger partial charge in [-0.2, -0.15) is 26.3 Å². The lowest BCUT2D eigenvalue weighted by Crippen LogP contribution is -1.99. The maximum absolute atomic E-state index is 12.2. The summed E-state index contributed by atoms with van der Waals surface area (Å²) in [5, 5.41) is 0. The normalized spacial score (nSPS) is 12.4. The molecule has 0 radical (unpaired) electrons. The minimum atomic E-state index is -4.32. The third-order valence-electron chi connectivity index (χ3n) is 2.85. The molecule has 0 bridgehead atoms. The first-order valence-electron chi connectivity index (χ1n) is 6.88. The molecule has 2 aromatic carbocycles. The van der Waals surface area contributed by atoms with Crippen molar-refractivity contribution in [2.45, 2.75) is 34.0 Å². The molecular formula is C16H12F6OS2. The standard InChI is InChI=1S/C16H12F6OS2/c17-15(18,19)24-13-5-1-11(2-6-13)9-23-10-12-3-7-14(8-4-12)25-16(20,21)22/h1-8H,9-10H2. The van der Waals surface area contributed by atoms with Crippen molar-refractivity contribution in [3.8, 4) is 0 Å². The molecule has 0 amide bonds. The van der Waals surface area contributed by atoms with Crippen LogP contribution in [0.5, 0.6) is 0 Å². The smallest absolute Gasteiger partial charge is 0.372 e. The SMILES string of the molecule is FC(F)(F)Sc1ccc(COCc2ccc(SC(F)(F)F)cc2)cc1. The number of halogens is 6. The van der Waals surface area contributed by atoms with E-state index in [0.717, 1.165) is 0 Å². The zero-order chi connectivity index (χ0) is 18.5. The van der Waals surface area contributed by atoms with Crippen molar-refractivity contribution in [1.82, 2.24) is 0 Å². The second-order valence-electron chi connectivity index (χ2n) is 4.88. The maximum atomic E-state index is 12.2. The quantitative estimate of drug-likeness (QED) is 0.399. The molecule has 0 aliphatic rings. The van der Waals surface area contributed by atoms with Crippen molar-refractivity contribution in [3.63, 3.8) is 0 Å². The fourth-order valence-corrected chi connectivity index (χ4v) is 2.94. The van der Waals surface area contributed by atoms with Crippen LogP contribution >= 0.6 is 23.5 Å². The minimum Gasteiger partial charge on any atom is -0.372 e. The Morgan fingerprint density at radius 2 is 0.920 bits per heavy atom. The highest BCUT2D eigenvalue weighted by Gasteiger charge is 2.29. The Labute approximate surface area is 148 Å². The molecule has 0 N–H and O–H groups in total. The van der Waals surface area contributed by atoms with Gasteiger partial charge in [-0.15, -0.1) is 0 Å². The summed E-state index contributed by atoms with van der Waals surface area (Å²) >= 11 is -0.375. The fraction of sp³-hybridized carbons (Fsp3) is 0.250. The lowest BCUT2D eigenvalue weighted by Gasteiger charge is -2.08. The van der Waals surface area contributed by atoms with Crippen molar-refractivity contribution in [1.29, 1.82) is 0 Å². The third-order valence-corrected chi connectivity index (χ3v) is 4.33. The van der Waals surface area contributed by atoms with Gasteiger partial charge in [0.1, 0.15) is 0 Å². The number of alkyl halides is 6. The Balaban J connectivity index is 1.80. The second kappa shape index (κ2) is 8.37. The fourth-order valence-electron chi connectivity index (χ4n) is 1.86. The van der Waals surface area contributed by atoms with Gasteiger partial charge in [0, 0.05) is 9.79 Å². The summed E-state index contributed by atoms with van der Waals surface area (Å²) in [4.78, 5) is 0.183. The highest BCUT2D eigenvalue weighted by molar-refractivity contribution is 8.00. The number of hydrogen-bond acceptors (Lipinski definition) is 3. The average Bonchev–Trinajstić information content (AvgIpc) is 2.48. The molecule has 0 aromatic heterocycles. The number of rotatable bonds is 6. The Morgan fingerprint density at radius 3 is 1.20 bits per heavy atom. The van der Waals surface area contributed by atoms with Crippen LogP contribution in [0.2, 0.25) is 0 Å². The van der Waals surface area contributed by atoms with Gasteiger partial charge in [-0.1, -0.05) is 24.3 Å². The lowest BCUT2D eigenvalue weighted by atomic mass is 10.2. The topological polar surface area (TPSA) is 9.23 Å². The molecule has 2 rings (SSSR count). The monoisotopic (exact) mass is 398 g/mol. The summed E-state index contributed by atoms with van der Waals surface area (Å²) in [5.41, 5.74) is -7.24. The van der Waals surface area contributed by atoms with Crippen LogP contribution in [0.25, 0.3) is 0 Å². The van der Waals surface area contributed by atoms with E-state index in [0.29, 0.717) is 11.1 Å². The van der Waals surface area contributed by atoms with Crippen molar-refractivity contribution in [2.75, 3.05) is 0 Å². The summed E-state index contributed by atoms with van der Waals surface area (Å²) in [7, 11) is 0. The predicted octanol–water partition coefficient (Wildman–Crippen LogP) is 6.63. The van der Waals surface area contributed by atoms with E-state index in [1.54, 1.807) is 0 Å². The van der Waals surface area contributed by atoms with Gasteiger partial charge in [-0.25, -0.2) is 0 Å². The van der Waals surface area contributed by atoms with Crippen LogP contribution < -0.4 is 0 Å². The molecule has 0 heterocycles. The Kier molecular flexibility index (Phi) is 6.70. The van der Waals surface area contributed by atoms with Crippen LogP contribution in [0, 0.1) is 0 Å². The number of thioether (sulfide) groups is 2. The molecule has 0 saturated carbocycles. The molecule has 0 fully saturated rings. The molecule has 1 nitrogen and oxygen atoms in total. The van der Waals surface area contributed by atoms with Gasteiger partial charge in [0.2, 0.25) is 0 Å². The van der Waals surface area contributed by atoms with Crippen molar-refractivity contribution in [2.24, 2.45) is 0 Å². The summed E-state index contributed by atoms with van der Waals surface area (Å²) in [6.07, 6.45) is 0. The van der Waals surface area contributed by atoms with E-state index in [9.17, 15) is 26.3 Å². The van der Waals surface area contributed by atoms with E-state index in [-0.39, 0.29) is 46.5 Å². The Bertz CT molecular complexity index is 606. The summed E-state index contributed by atoms with van der Waals surface area (Å²) < 4.78 is 78.8. The maximum Gasteiger partial charge on any atom is 0.446 e. The number of ether oxygens (including phenoxy) is 1. The summed E-state index contributed by atoms with van der Waals surface area (Å²) in [6, 6.07) is 11.6. The largest absolute Gasteiger partial charge is 0.446 e. The van der Waals surface area contributed by atoms with E-state index in [1.165, 1.54) is 48.5 Å². The number of hydrogen-bond donors (Lipinski definition) is 0. The van der Waals surface area contributed by atoms with Crippen LogP contribution in [0.1, 0.15) is 11.1 Å². The van der Waals surface area contributed by atoms with Gasteiger partial charge in [-0.3, -0.25) is 0 Å². The van der Waals surface area contributed by atoms with Gasteiger partial charge in [0.15, 0.2) is 0 Å². The zero-order valence-electron chi connectivity index (χ0n) is 12.5. The second-order valence-corrected chi connectivity index (χ2v) is 7.15. The molecule has 2 aromatic rings. The van der Waals surface area contributed by atoms with Gasteiger partial charge in [0.25, 0.3) is 0 Å². The molecule has 0 aliphatic carbocycles. The first-order chi connectivity index (χ1) is 11.6. The third kappa shape index (κ3) is 8.06. The van der Waals surface area contributed by atoms with Gasteiger partial charge < -0.3 is 4.74 Å². The van der Waals surface area contributed by atoms with Crippen LogP contribution in [0.4, 0.5) is 26.3 Å².